The van der Waals surface area contributed by atoms with Gasteiger partial charge in [-0.3, -0.25) is 9.78 Å². The number of ether oxygens (including phenoxy) is 1. The van der Waals surface area contributed by atoms with E-state index in [2.05, 4.69) is 4.98 Å². The lowest BCUT2D eigenvalue weighted by Crippen LogP contribution is -1.96. The summed E-state index contributed by atoms with van der Waals surface area (Å²) in [6, 6.07) is 9.52. The van der Waals surface area contributed by atoms with Crippen LogP contribution < -0.4 is 4.74 Å². The van der Waals surface area contributed by atoms with Gasteiger partial charge in [-0.2, -0.15) is 0 Å². The Hall–Kier alpha value is -2.16. The summed E-state index contributed by atoms with van der Waals surface area (Å²) < 4.78 is 5.39. The summed E-state index contributed by atoms with van der Waals surface area (Å²) in [7, 11) is 0. The van der Waals surface area contributed by atoms with Gasteiger partial charge in [-0.05, 0) is 37.6 Å². The van der Waals surface area contributed by atoms with E-state index >= 15 is 0 Å². The molecule has 0 spiro atoms. The molecule has 3 heteroatoms. The molecule has 92 valence electrons. The van der Waals surface area contributed by atoms with Crippen LogP contribution >= 0.6 is 0 Å². The van der Waals surface area contributed by atoms with Gasteiger partial charge in [-0.1, -0.05) is 12.1 Å². The van der Waals surface area contributed by atoms with Crippen LogP contribution in [0.2, 0.25) is 0 Å². The molecule has 1 aromatic carbocycles. The molecule has 0 N–H and O–H groups in total. The molecule has 0 saturated heterocycles. The van der Waals surface area contributed by atoms with Gasteiger partial charge < -0.3 is 4.74 Å². The summed E-state index contributed by atoms with van der Waals surface area (Å²) >= 11 is 0. The number of carbonyl (C=O) groups excluding carboxylic acids is 1. The topological polar surface area (TPSA) is 39.2 Å². The predicted molar refractivity (Wildman–Crippen MR) is 71.0 cm³/mol. The van der Waals surface area contributed by atoms with Crippen LogP contribution in [-0.4, -0.2) is 17.9 Å². The highest BCUT2D eigenvalue weighted by molar-refractivity contribution is 5.82. The van der Waals surface area contributed by atoms with Crippen molar-refractivity contribution < 1.29 is 9.53 Å². The van der Waals surface area contributed by atoms with Crippen molar-refractivity contribution in [2.24, 2.45) is 0 Å². The number of aryl methyl sites for hydroxylation is 1. The third-order valence-corrected chi connectivity index (χ3v) is 2.68. The van der Waals surface area contributed by atoms with Crippen molar-refractivity contribution in [1.82, 2.24) is 4.98 Å². The van der Waals surface area contributed by atoms with Crippen LogP contribution in [0.25, 0.3) is 11.1 Å². The van der Waals surface area contributed by atoms with E-state index in [4.69, 9.17) is 4.74 Å². The molecule has 2 aromatic rings. The molecule has 0 atom stereocenters. The van der Waals surface area contributed by atoms with Crippen molar-refractivity contribution in [2.75, 3.05) is 6.61 Å². The average Bonchev–Trinajstić information content (AvgIpc) is 2.40. The first-order valence-electron chi connectivity index (χ1n) is 5.89. The summed E-state index contributed by atoms with van der Waals surface area (Å²) in [5, 5.41) is 0. The Kier molecular flexibility index (Phi) is 3.72. The fraction of sp³-hybridized carbons (Fsp3) is 0.200. The Morgan fingerprint density at radius 3 is 2.61 bits per heavy atom. The monoisotopic (exact) mass is 241 g/mol. The van der Waals surface area contributed by atoms with E-state index in [1.165, 1.54) is 0 Å². The molecule has 1 aromatic heterocycles. The highest BCUT2D eigenvalue weighted by Crippen LogP contribution is 2.25. The van der Waals surface area contributed by atoms with Crippen molar-refractivity contribution in [3.8, 4) is 16.9 Å². The second-order valence-electron chi connectivity index (χ2n) is 3.99. The van der Waals surface area contributed by atoms with Gasteiger partial charge in [0.15, 0.2) is 6.29 Å². The van der Waals surface area contributed by atoms with Crippen molar-refractivity contribution in [3.05, 3.63) is 47.8 Å². The zero-order chi connectivity index (χ0) is 13.0. The molecule has 3 nitrogen and oxygen atoms in total. The first-order chi connectivity index (χ1) is 8.74. The SMILES string of the molecule is CCOc1ccc(-c2ccc(C)nc2)cc1C=O. The fourth-order valence-corrected chi connectivity index (χ4v) is 1.75. The van der Waals surface area contributed by atoms with Crippen LogP contribution in [0.3, 0.4) is 0 Å². The molecule has 2 rings (SSSR count). The number of benzene rings is 1. The van der Waals surface area contributed by atoms with Gasteiger partial charge in [0.25, 0.3) is 0 Å². The zero-order valence-corrected chi connectivity index (χ0v) is 10.5. The molecular weight excluding hydrogens is 226 g/mol. The maximum atomic E-state index is 11.0. The van der Waals surface area contributed by atoms with Crippen LogP contribution in [0.4, 0.5) is 0 Å². The van der Waals surface area contributed by atoms with Gasteiger partial charge in [-0.25, -0.2) is 0 Å². The van der Waals surface area contributed by atoms with Gasteiger partial charge in [-0.15, -0.1) is 0 Å². The third kappa shape index (κ3) is 2.56. The van der Waals surface area contributed by atoms with Crippen LogP contribution in [0, 0.1) is 6.92 Å². The normalized spacial score (nSPS) is 10.1. The Labute approximate surface area is 106 Å². The minimum Gasteiger partial charge on any atom is -0.493 e. The van der Waals surface area contributed by atoms with Crippen molar-refractivity contribution in [1.29, 1.82) is 0 Å². The number of carbonyl (C=O) groups is 1. The molecule has 0 aliphatic carbocycles. The quantitative estimate of drug-likeness (QED) is 0.771. The summed E-state index contributed by atoms with van der Waals surface area (Å²) in [6.45, 7) is 4.39. The number of hydrogen-bond acceptors (Lipinski definition) is 3. The predicted octanol–water partition coefficient (Wildman–Crippen LogP) is 3.27. The van der Waals surface area contributed by atoms with Gasteiger partial charge >= 0.3 is 0 Å². The molecule has 1 heterocycles. The van der Waals surface area contributed by atoms with Crippen LogP contribution in [-0.2, 0) is 0 Å². The van der Waals surface area contributed by atoms with Crippen molar-refractivity contribution in [2.45, 2.75) is 13.8 Å². The zero-order valence-electron chi connectivity index (χ0n) is 10.5. The second kappa shape index (κ2) is 5.45. The van der Waals surface area contributed by atoms with Crippen molar-refractivity contribution >= 4 is 6.29 Å². The van der Waals surface area contributed by atoms with Gasteiger partial charge in [0, 0.05) is 17.5 Å². The Morgan fingerprint density at radius 1 is 1.22 bits per heavy atom. The summed E-state index contributed by atoms with van der Waals surface area (Å²) in [5.74, 6) is 0.622. The van der Waals surface area contributed by atoms with Crippen LogP contribution in [0.5, 0.6) is 5.75 Å². The lowest BCUT2D eigenvalue weighted by molar-refractivity contribution is 0.112. The maximum absolute atomic E-state index is 11.0. The Balaban J connectivity index is 2.40. The van der Waals surface area contributed by atoms with E-state index in [-0.39, 0.29) is 0 Å². The number of rotatable bonds is 4. The van der Waals surface area contributed by atoms with E-state index in [1.54, 1.807) is 6.20 Å². The fourth-order valence-electron chi connectivity index (χ4n) is 1.75. The van der Waals surface area contributed by atoms with Crippen LogP contribution in [0.1, 0.15) is 23.0 Å². The molecule has 0 radical (unpaired) electrons. The Morgan fingerprint density at radius 2 is 2.00 bits per heavy atom. The van der Waals surface area contributed by atoms with Crippen LogP contribution in [0.15, 0.2) is 36.5 Å². The van der Waals surface area contributed by atoms with Gasteiger partial charge in [0.05, 0.1) is 12.2 Å². The second-order valence-corrected chi connectivity index (χ2v) is 3.99. The van der Waals surface area contributed by atoms with E-state index in [0.29, 0.717) is 17.9 Å². The van der Waals surface area contributed by atoms with E-state index < -0.39 is 0 Å². The summed E-state index contributed by atoms with van der Waals surface area (Å²) in [6.07, 6.45) is 2.62. The van der Waals surface area contributed by atoms with E-state index in [9.17, 15) is 4.79 Å². The maximum Gasteiger partial charge on any atom is 0.153 e. The highest BCUT2D eigenvalue weighted by atomic mass is 16.5. The minimum absolute atomic E-state index is 0.548. The molecule has 0 bridgehead atoms. The van der Waals surface area contributed by atoms with Gasteiger partial charge in [0.1, 0.15) is 5.75 Å². The minimum atomic E-state index is 0.548. The van der Waals surface area contributed by atoms with Crippen molar-refractivity contribution in [3.63, 3.8) is 0 Å². The molecule has 0 aliphatic heterocycles. The highest BCUT2D eigenvalue weighted by Gasteiger charge is 2.05. The molecule has 0 amide bonds. The number of hydrogen-bond donors (Lipinski definition) is 0. The molecule has 0 aliphatic rings. The van der Waals surface area contributed by atoms with E-state index in [0.717, 1.165) is 23.1 Å². The summed E-state index contributed by atoms with van der Waals surface area (Å²) in [4.78, 5) is 15.3. The lowest BCUT2D eigenvalue weighted by atomic mass is 10.0. The third-order valence-electron chi connectivity index (χ3n) is 2.68. The van der Waals surface area contributed by atoms with E-state index in [1.807, 2.05) is 44.2 Å². The molecule has 0 saturated carbocycles. The first-order valence-corrected chi connectivity index (χ1v) is 5.89. The standard InChI is InChI=1S/C15H15NO2/c1-3-18-15-7-6-12(8-14(15)10-17)13-5-4-11(2)16-9-13/h4-10H,3H2,1-2H3. The summed E-state index contributed by atoms with van der Waals surface area (Å²) in [5.41, 5.74) is 3.50. The smallest absolute Gasteiger partial charge is 0.153 e. The first kappa shape index (κ1) is 12.3. The molecule has 18 heavy (non-hydrogen) atoms. The number of pyridine rings is 1. The average molecular weight is 241 g/mol. The lowest BCUT2D eigenvalue weighted by Gasteiger charge is -2.08. The Bertz CT molecular complexity index is 547. The number of nitrogens with zero attached hydrogens (tertiary/aromatic N) is 1. The molecule has 0 fully saturated rings. The molecular formula is C15H15NO2. The number of aldehydes is 1. The molecule has 0 unspecified atom stereocenters. The van der Waals surface area contributed by atoms with Gasteiger partial charge in [0.2, 0.25) is 0 Å². The largest absolute Gasteiger partial charge is 0.493 e. The number of aromatic nitrogens is 1.